The van der Waals surface area contributed by atoms with Crippen molar-refractivity contribution in [2.45, 2.75) is 32.1 Å². The molecule has 1 heterocycles. The average Bonchev–Trinajstić information content (AvgIpc) is 2.65. The van der Waals surface area contributed by atoms with Gasteiger partial charge in [0.15, 0.2) is 0 Å². The van der Waals surface area contributed by atoms with E-state index in [4.69, 9.17) is 17.3 Å². The summed E-state index contributed by atoms with van der Waals surface area (Å²) in [5.74, 6) is -0.464. The Morgan fingerprint density at radius 3 is 2.94 bits per heavy atom. The van der Waals surface area contributed by atoms with Gasteiger partial charge in [-0.25, -0.2) is 4.39 Å². The maximum atomic E-state index is 13.4. The summed E-state index contributed by atoms with van der Waals surface area (Å²) in [4.78, 5) is 13.0. The highest BCUT2D eigenvalue weighted by Crippen LogP contribution is 2.24. The molecule has 5 heteroatoms. The van der Waals surface area contributed by atoms with Crippen LogP contribution in [0.5, 0.6) is 0 Å². The zero-order chi connectivity index (χ0) is 13.3. The summed E-state index contributed by atoms with van der Waals surface area (Å²) in [5.41, 5.74) is 7.25. The summed E-state index contributed by atoms with van der Waals surface area (Å²) >= 11 is 6.04. The van der Waals surface area contributed by atoms with Crippen LogP contribution in [0.4, 0.5) is 4.39 Å². The summed E-state index contributed by atoms with van der Waals surface area (Å²) in [5, 5.41) is 0.680. The van der Waals surface area contributed by atoms with E-state index in [2.05, 4.69) is 0 Å². The fourth-order valence-electron chi connectivity index (χ4n) is 2.29. The number of halogens is 2. The smallest absolute Gasteiger partial charge is 0.234 e. The van der Waals surface area contributed by atoms with Gasteiger partial charge in [-0.15, -0.1) is 0 Å². The number of nitrogens with two attached hydrogens (primary N) is 1. The maximum absolute atomic E-state index is 13.4. The van der Waals surface area contributed by atoms with Gasteiger partial charge in [-0.1, -0.05) is 23.7 Å². The zero-order valence-corrected chi connectivity index (χ0v) is 11.0. The Bertz CT molecular complexity index is 466. The molecule has 98 valence electrons. The lowest BCUT2D eigenvalue weighted by molar-refractivity contribution is -0.122. The molecule has 0 aromatic heterocycles. The molecule has 0 aliphatic carbocycles. The fourth-order valence-corrected chi connectivity index (χ4v) is 2.49. The van der Waals surface area contributed by atoms with E-state index in [1.807, 2.05) is 25.1 Å². The molecule has 1 fully saturated rings. The highest BCUT2D eigenvalue weighted by Gasteiger charge is 2.35. The Labute approximate surface area is 111 Å². The second-order valence-electron chi connectivity index (χ2n) is 4.76. The molecule has 0 bridgehead atoms. The first-order chi connectivity index (χ1) is 8.47. The van der Waals surface area contributed by atoms with E-state index in [1.165, 1.54) is 0 Å². The Kier molecular flexibility index (Phi) is 3.88. The van der Waals surface area contributed by atoms with Crippen LogP contribution >= 0.6 is 11.6 Å². The summed E-state index contributed by atoms with van der Waals surface area (Å²) in [6.45, 7) is 2.67. The number of carbonyl (C=O) groups is 1. The van der Waals surface area contributed by atoms with Crippen molar-refractivity contribution < 1.29 is 9.18 Å². The van der Waals surface area contributed by atoms with Crippen molar-refractivity contribution in [1.29, 1.82) is 0 Å². The number of aryl methyl sites for hydroxylation is 1. The normalized spacial score (nSPS) is 24.4. The number of rotatable bonds is 3. The van der Waals surface area contributed by atoms with Crippen molar-refractivity contribution in [3.05, 3.63) is 34.3 Å². The van der Waals surface area contributed by atoms with Crippen LogP contribution in [0.25, 0.3) is 0 Å². The zero-order valence-electron chi connectivity index (χ0n) is 10.2. The third-order valence-electron chi connectivity index (χ3n) is 3.30. The van der Waals surface area contributed by atoms with Gasteiger partial charge in [0.1, 0.15) is 6.17 Å². The highest BCUT2D eigenvalue weighted by molar-refractivity contribution is 6.31. The number of hydrogen-bond acceptors (Lipinski definition) is 2. The molecule has 2 rings (SSSR count). The van der Waals surface area contributed by atoms with Gasteiger partial charge in [0.2, 0.25) is 5.91 Å². The lowest BCUT2D eigenvalue weighted by atomic mass is 10.1. The largest absolute Gasteiger partial charge is 0.368 e. The predicted molar refractivity (Wildman–Crippen MR) is 69.1 cm³/mol. The maximum Gasteiger partial charge on any atom is 0.234 e. The molecule has 1 amide bonds. The molecule has 1 aliphatic rings. The molecule has 1 aliphatic heterocycles. The van der Waals surface area contributed by atoms with Gasteiger partial charge in [-0.2, -0.15) is 0 Å². The van der Waals surface area contributed by atoms with Crippen LogP contribution < -0.4 is 5.73 Å². The second-order valence-corrected chi connectivity index (χ2v) is 5.17. The number of benzene rings is 1. The van der Waals surface area contributed by atoms with Gasteiger partial charge >= 0.3 is 0 Å². The van der Waals surface area contributed by atoms with E-state index in [9.17, 15) is 9.18 Å². The van der Waals surface area contributed by atoms with Crippen LogP contribution in [0.2, 0.25) is 5.02 Å². The molecule has 1 aromatic carbocycles. The topological polar surface area (TPSA) is 46.3 Å². The van der Waals surface area contributed by atoms with Crippen molar-refractivity contribution in [3.63, 3.8) is 0 Å². The SMILES string of the molecule is Cc1ccc(CN2C[C@H](F)C[C@H]2C(N)=O)cc1Cl. The summed E-state index contributed by atoms with van der Waals surface area (Å²) in [7, 11) is 0. The van der Waals surface area contributed by atoms with Crippen LogP contribution in [0.1, 0.15) is 17.5 Å². The van der Waals surface area contributed by atoms with Gasteiger partial charge in [-0.05, 0) is 24.1 Å². The monoisotopic (exact) mass is 270 g/mol. The predicted octanol–water partition coefficient (Wildman–Crippen LogP) is 2.05. The lowest BCUT2D eigenvalue weighted by Gasteiger charge is -2.21. The number of hydrogen-bond donors (Lipinski definition) is 1. The molecule has 18 heavy (non-hydrogen) atoms. The van der Waals surface area contributed by atoms with E-state index >= 15 is 0 Å². The highest BCUT2D eigenvalue weighted by atomic mass is 35.5. The third kappa shape index (κ3) is 2.82. The number of amides is 1. The Morgan fingerprint density at radius 1 is 1.61 bits per heavy atom. The molecular weight excluding hydrogens is 255 g/mol. The van der Waals surface area contributed by atoms with E-state index in [-0.39, 0.29) is 13.0 Å². The van der Waals surface area contributed by atoms with Gasteiger partial charge in [0.05, 0.1) is 6.04 Å². The van der Waals surface area contributed by atoms with Gasteiger partial charge in [-0.3, -0.25) is 9.69 Å². The first kappa shape index (κ1) is 13.3. The minimum atomic E-state index is -0.983. The van der Waals surface area contributed by atoms with Gasteiger partial charge < -0.3 is 5.73 Å². The van der Waals surface area contributed by atoms with Crippen molar-refractivity contribution in [2.24, 2.45) is 5.73 Å². The summed E-state index contributed by atoms with van der Waals surface area (Å²) in [6.07, 6.45) is -0.794. The van der Waals surface area contributed by atoms with E-state index in [0.717, 1.165) is 11.1 Å². The van der Waals surface area contributed by atoms with Crippen LogP contribution in [0.15, 0.2) is 18.2 Å². The second kappa shape index (κ2) is 5.24. The van der Waals surface area contributed by atoms with E-state index in [0.29, 0.717) is 11.6 Å². The van der Waals surface area contributed by atoms with Crippen molar-refractivity contribution in [1.82, 2.24) is 4.90 Å². The number of primary amides is 1. The molecule has 0 unspecified atom stereocenters. The number of alkyl halides is 1. The average molecular weight is 271 g/mol. The van der Waals surface area contributed by atoms with E-state index < -0.39 is 18.1 Å². The Hall–Kier alpha value is -1.13. The number of carbonyl (C=O) groups excluding carboxylic acids is 1. The van der Waals surface area contributed by atoms with Crippen LogP contribution in [0, 0.1) is 6.92 Å². The van der Waals surface area contributed by atoms with Crippen molar-refractivity contribution >= 4 is 17.5 Å². The van der Waals surface area contributed by atoms with Gasteiger partial charge in [0, 0.05) is 24.5 Å². The van der Waals surface area contributed by atoms with Crippen molar-refractivity contribution in [3.8, 4) is 0 Å². The van der Waals surface area contributed by atoms with Gasteiger partial charge in [0.25, 0.3) is 0 Å². The Balaban J connectivity index is 2.12. The van der Waals surface area contributed by atoms with Crippen molar-refractivity contribution in [2.75, 3.05) is 6.54 Å². The Morgan fingerprint density at radius 2 is 2.33 bits per heavy atom. The van der Waals surface area contributed by atoms with Crippen LogP contribution in [0.3, 0.4) is 0 Å². The number of likely N-dealkylation sites (tertiary alicyclic amines) is 1. The molecule has 1 saturated heterocycles. The van der Waals surface area contributed by atoms with Crippen LogP contribution in [-0.2, 0) is 11.3 Å². The first-order valence-corrected chi connectivity index (χ1v) is 6.27. The molecule has 1 aromatic rings. The standard InChI is InChI=1S/C13H16ClFN2O/c1-8-2-3-9(4-11(8)14)6-17-7-10(15)5-12(17)13(16)18/h2-4,10,12H,5-7H2,1H3,(H2,16,18)/t10-,12+/m1/s1. The third-order valence-corrected chi connectivity index (χ3v) is 3.71. The molecule has 3 nitrogen and oxygen atoms in total. The lowest BCUT2D eigenvalue weighted by Crippen LogP contribution is -2.39. The van der Waals surface area contributed by atoms with E-state index in [1.54, 1.807) is 4.90 Å². The molecule has 0 spiro atoms. The summed E-state index contributed by atoms with van der Waals surface area (Å²) in [6, 6.07) is 5.19. The minimum Gasteiger partial charge on any atom is -0.368 e. The molecule has 2 atom stereocenters. The molecule has 2 N–H and O–H groups in total. The molecular formula is C13H16ClFN2O. The quantitative estimate of drug-likeness (QED) is 0.914. The minimum absolute atomic E-state index is 0.189. The number of nitrogens with zero attached hydrogens (tertiary/aromatic N) is 1. The summed E-state index contributed by atoms with van der Waals surface area (Å²) < 4.78 is 13.4. The fraction of sp³-hybridized carbons (Fsp3) is 0.462. The molecule has 0 radical (unpaired) electrons. The van der Waals surface area contributed by atoms with Crippen LogP contribution in [-0.4, -0.2) is 29.6 Å². The first-order valence-electron chi connectivity index (χ1n) is 5.90. The molecule has 0 saturated carbocycles.